The Bertz CT molecular complexity index is 621. The minimum atomic E-state index is -1.36. The highest BCUT2D eigenvalue weighted by molar-refractivity contribution is 6.05. The van der Waals surface area contributed by atoms with E-state index in [0.29, 0.717) is 30.0 Å². The predicted octanol–water partition coefficient (Wildman–Crippen LogP) is 2.55. The molecule has 2 N–H and O–H groups in total. The van der Waals surface area contributed by atoms with Crippen molar-refractivity contribution in [3.05, 3.63) is 29.4 Å². The number of furan rings is 1. The number of oxime groups is 1. The number of hydrogen-bond acceptors (Lipinski definition) is 6. The standard InChI is InChI=1S/C15H21N3O4/c1-14(2)13(11-7-6-10-22-11)17(20)15(18(14)21)9-5-3-4-8-12(15)16-19/h6-7,10,19,21H,3-5,8-9H2,1-2H3/t15-/m0/s1. The SMILES string of the molecule is CC1(C)C(c2ccco2)=[N+]([O-])[C@@]2(CCCCCC2=NO)N1O. The lowest BCUT2D eigenvalue weighted by Crippen LogP contribution is -2.59. The molecule has 1 aromatic heterocycles. The number of rotatable bonds is 1. The van der Waals surface area contributed by atoms with E-state index in [2.05, 4.69) is 5.16 Å². The number of hydroxylamine groups is 3. The highest BCUT2D eigenvalue weighted by atomic mass is 16.6. The van der Waals surface area contributed by atoms with Crippen LogP contribution in [-0.4, -0.2) is 42.8 Å². The lowest BCUT2D eigenvalue weighted by atomic mass is 9.94. The summed E-state index contributed by atoms with van der Waals surface area (Å²) in [6, 6.07) is 3.40. The molecular weight excluding hydrogens is 286 g/mol. The van der Waals surface area contributed by atoms with Gasteiger partial charge in [0.15, 0.2) is 5.76 Å². The molecule has 7 nitrogen and oxygen atoms in total. The molecule has 2 aliphatic rings. The smallest absolute Gasteiger partial charge is 0.294 e. The molecule has 0 radical (unpaired) electrons. The van der Waals surface area contributed by atoms with Gasteiger partial charge in [-0.2, -0.15) is 4.74 Å². The van der Waals surface area contributed by atoms with Crippen molar-refractivity contribution in [2.24, 2.45) is 5.16 Å². The maximum Gasteiger partial charge on any atom is 0.294 e. The second kappa shape index (κ2) is 5.10. The van der Waals surface area contributed by atoms with Gasteiger partial charge in [-0.15, -0.1) is 5.06 Å². The number of nitrogens with zero attached hydrogens (tertiary/aromatic N) is 3. The van der Waals surface area contributed by atoms with E-state index in [9.17, 15) is 15.6 Å². The molecule has 0 amide bonds. The van der Waals surface area contributed by atoms with Crippen molar-refractivity contribution < 1.29 is 19.6 Å². The van der Waals surface area contributed by atoms with Gasteiger partial charge in [0, 0.05) is 6.42 Å². The Kier molecular flexibility index (Phi) is 3.49. The molecule has 1 aromatic rings. The molecule has 0 aromatic carbocycles. The summed E-state index contributed by atoms with van der Waals surface area (Å²) in [6.07, 6.45) is 4.91. The third-order valence-electron chi connectivity index (χ3n) is 4.77. The zero-order valence-corrected chi connectivity index (χ0v) is 12.8. The van der Waals surface area contributed by atoms with Crippen molar-refractivity contribution in [1.82, 2.24) is 5.06 Å². The molecule has 1 aliphatic carbocycles. The van der Waals surface area contributed by atoms with Crippen LogP contribution < -0.4 is 0 Å². The second-order valence-electron chi connectivity index (χ2n) is 6.42. The van der Waals surface area contributed by atoms with Gasteiger partial charge in [0.1, 0.15) is 11.3 Å². The van der Waals surface area contributed by atoms with Crippen LogP contribution in [0.2, 0.25) is 0 Å². The van der Waals surface area contributed by atoms with Crippen LogP contribution in [0.25, 0.3) is 0 Å². The molecule has 120 valence electrons. The van der Waals surface area contributed by atoms with Gasteiger partial charge >= 0.3 is 0 Å². The predicted molar refractivity (Wildman–Crippen MR) is 79.2 cm³/mol. The summed E-state index contributed by atoms with van der Waals surface area (Å²) in [4.78, 5) is 0. The van der Waals surface area contributed by atoms with E-state index in [1.807, 2.05) is 0 Å². The van der Waals surface area contributed by atoms with Crippen LogP contribution in [0.5, 0.6) is 0 Å². The Balaban J connectivity index is 2.23. The Morgan fingerprint density at radius 1 is 1.36 bits per heavy atom. The normalized spacial score (nSPS) is 31.1. The van der Waals surface area contributed by atoms with E-state index >= 15 is 0 Å². The molecule has 3 rings (SSSR count). The molecular formula is C15H21N3O4. The summed E-state index contributed by atoms with van der Waals surface area (Å²) in [7, 11) is 0. The maximum atomic E-state index is 13.2. The Hall–Kier alpha value is -1.86. The average molecular weight is 307 g/mol. The van der Waals surface area contributed by atoms with Crippen molar-refractivity contribution in [3.8, 4) is 0 Å². The van der Waals surface area contributed by atoms with Gasteiger partial charge < -0.3 is 20.0 Å². The lowest BCUT2D eigenvalue weighted by Gasteiger charge is -2.34. The van der Waals surface area contributed by atoms with Crippen LogP contribution in [0.1, 0.15) is 51.7 Å². The minimum Gasteiger partial charge on any atom is -0.622 e. The van der Waals surface area contributed by atoms with Gasteiger partial charge in [-0.1, -0.05) is 11.6 Å². The van der Waals surface area contributed by atoms with Gasteiger partial charge in [-0.05, 0) is 45.2 Å². The van der Waals surface area contributed by atoms with Crippen LogP contribution in [0.3, 0.4) is 0 Å². The molecule has 1 spiro atoms. The molecule has 1 fully saturated rings. The molecule has 1 saturated carbocycles. The van der Waals surface area contributed by atoms with Crippen molar-refractivity contribution in [3.63, 3.8) is 0 Å². The van der Waals surface area contributed by atoms with Crippen molar-refractivity contribution in [2.75, 3.05) is 0 Å². The lowest BCUT2D eigenvalue weighted by molar-refractivity contribution is -0.567. The minimum absolute atomic E-state index is 0.303. The van der Waals surface area contributed by atoms with Crippen molar-refractivity contribution in [1.29, 1.82) is 0 Å². The first-order valence-electron chi connectivity index (χ1n) is 7.55. The first-order chi connectivity index (χ1) is 10.5. The van der Waals surface area contributed by atoms with Gasteiger partial charge in [-0.3, -0.25) is 0 Å². The quantitative estimate of drug-likeness (QED) is 0.360. The topological polar surface area (TPSA) is 95.3 Å². The average Bonchev–Trinajstić information content (AvgIpc) is 2.96. The van der Waals surface area contributed by atoms with E-state index in [-0.39, 0.29) is 0 Å². The summed E-state index contributed by atoms with van der Waals surface area (Å²) < 4.78 is 6.16. The van der Waals surface area contributed by atoms with E-state index in [0.717, 1.165) is 29.1 Å². The fourth-order valence-electron chi connectivity index (χ4n) is 3.66. The maximum absolute atomic E-state index is 13.2. The van der Waals surface area contributed by atoms with Crippen LogP contribution in [-0.2, 0) is 0 Å². The van der Waals surface area contributed by atoms with E-state index in [1.165, 1.54) is 6.26 Å². The third kappa shape index (κ3) is 1.82. The summed E-state index contributed by atoms with van der Waals surface area (Å²) in [5, 5.41) is 37.8. The Morgan fingerprint density at radius 2 is 2.14 bits per heavy atom. The summed E-state index contributed by atoms with van der Waals surface area (Å²) >= 11 is 0. The summed E-state index contributed by atoms with van der Waals surface area (Å²) in [5.74, 6) is 0.414. The Labute approximate surface area is 128 Å². The van der Waals surface area contributed by atoms with Gasteiger partial charge in [0.05, 0.1) is 6.26 Å². The van der Waals surface area contributed by atoms with E-state index in [4.69, 9.17) is 4.42 Å². The molecule has 22 heavy (non-hydrogen) atoms. The highest BCUT2D eigenvalue weighted by Crippen LogP contribution is 2.41. The molecule has 0 bridgehead atoms. The summed E-state index contributed by atoms with van der Waals surface area (Å²) in [5.41, 5.74) is -1.68. The van der Waals surface area contributed by atoms with Crippen molar-refractivity contribution >= 4 is 11.4 Å². The first-order valence-corrected chi connectivity index (χ1v) is 7.55. The van der Waals surface area contributed by atoms with Crippen LogP contribution in [0.15, 0.2) is 28.0 Å². The highest BCUT2D eigenvalue weighted by Gasteiger charge is 2.65. The van der Waals surface area contributed by atoms with E-state index < -0.39 is 11.2 Å². The second-order valence-corrected chi connectivity index (χ2v) is 6.42. The molecule has 7 heteroatoms. The number of hydrogen-bond donors (Lipinski definition) is 2. The molecule has 0 unspecified atom stereocenters. The molecule has 0 saturated heterocycles. The van der Waals surface area contributed by atoms with Crippen LogP contribution in [0, 0.1) is 5.21 Å². The Morgan fingerprint density at radius 3 is 2.77 bits per heavy atom. The van der Waals surface area contributed by atoms with E-state index in [1.54, 1.807) is 26.0 Å². The fourth-order valence-corrected chi connectivity index (χ4v) is 3.66. The fraction of sp³-hybridized carbons (Fsp3) is 0.600. The van der Waals surface area contributed by atoms with Crippen LogP contribution >= 0.6 is 0 Å². The van der Waals surface area contributed by atoms with Crippen molar-refractivity contribution in [2.45, 2.75) is 57.2 Å². The third-order valence-corrected chi connectivity index (χ3v) is 4.77. The van der Waals surface area contributed by atoms with Gasteiger partial charge in [0.25, 0.3) is 11.4 Å². The first kappa shape index (κ1) is 15.1. The molecule has 2 heterocycles. The molecule has 1 atom stereocenters. The molecule has 1 aliphatic heterocycles. The van der Waals surface area contributed by atoms with Crippen LogP contribution in [0.4, 0.5) is 0 Å². The monoisotopic (exact) mass is 307 g/mol. The summed E-state index contributed by atoms with van der Waals surface area (Å²) in [6.45, 7) is 3.51. The largest absolute Gasteiger partial charge is 0.622 e. The van der Waals surface area contributed by atoms with Gasteiger partial charge in [-0.25, -0.2) is 0 Å². The zero-order valence-electron chi connectivity index (χ0n) is 12.8. The zero-order chi connectivity index (χ0) is 16.0. The van der Waals surface area contributed by atoms with Gasteiger partial charge in [0.2, 0.25) is 0 Å².